The van der Waals surface area contributed by atoms with Crippen molar-refractivity contribution in [1.29, 1.82) is 0 Å². The normalized spacial score (nSPS) is 13.6. The number of hydrogen-bond donors (Lipinski definition) is 0. The van der Waals surface area contributed by atoms with Crippen molar-refractivity contribution in [2.45, 2.75) is 0 Å². The zero-order valence-corrected chi connectivity index (χ0v) is 11.6. The summed E-state index contributed by atoms with van der Waals surface area (Å²) in [6.45, 7) is 1.02. The first-order valence-corrected chi connectivity index (χ1v) is 6.71. The highest BCUT2D eigenvalue weighted by Crippen LogP contribution is 2.32. The van der Waals surface area contributed by atoms with Gasteiger partial charge in [-0.1, -0.05) is 12.1 Å². The van der Waals surface area contributed by atoms with E-state index >= 15 is 0 Å². The van der Waals surface area contributed by atoms with Crippen LogP contribution in [0.1, 0.15) is 10.5 Å². The second-order valence-corrected chi connectivity index (χ2v) is 4.96. The van der Waals surface area contributed by atoms with Crippen LogP contribution in [0.2, 0.25) is 0 Å². The van der Waals surface area contributed by atoms with Crippen molar-refractivity contribution in [2.75, 3.05) is 18.1 Å². The van der Waals surface area contributed by atoms with Crippen LogP contribution >= 0.6 is 15.9 Å². The third-order valence-corrected chi connectivity index (χ3v) is 3.57. The number of halogens is 1. The van der Waals surface area contributed by atoms with Crippen molar-refractivity contribution >= 4 is 27.5 Å². The molecule has 2 aromatic rings. The van der Waals surface area contributed by atoms with Gasteiger partial charge in [0.2, 0.25) is 0 Å². The number of rotatable bonds is 1. The van der Waals surface area contributed by atoms with Crippen molar-refractivity contribution in [3.8, 4) is 5.75 Å². The van der Waals surface area contributed by atoms with Gasteiger partial charge < -0.3 is 9.64 Å². The number of pyridine rings is 1. The Labute approximate surface area is 119 Å². The Hall–Kier alpha value is -1.88. The molecule has 0 unspecified atom stereocenters. The Bertz CT molecular complexity index is 630. The Balaban J connectivity index is 2.00. The molecule has 2 heterocycles. The van der Waals surface area contributed by atoms with Gasteiger partial charge in [-0.05, 0) is 40.2 Å². The number of carbonyl (C=O) groups excluding carboxylic acids is 1. The van der Waals surface area contributed by atoms with E-state index in [0.717, 1.165) is 11.4 Å². The number of carbonyl (C=O) groups is 1. The third-order valence-electron chi connectivity index (χ3n) is 2.93. The van der Waals surface area contributed by atoms with Gasteiger partial charge in [-0.2, -0.15) is 0 Å². The smallest absolute Gasteiger partial charge is 0.278 e. The number of amides is 1. The monoisotopic (exact) mass is 318 g/mol. The molecule has 5 heteroatoms. The van der Waals surface area contributed by atoms with Crippen LogP contribution in [0, 0.1) is 0 Å². The number of aromatic nitrogens is 1. The minimum absolute atomic E-state index is 0.122. The number of ether oxygens (including phenoxy) is 1. The lowest BCUT2D eigenvalue weighted by Gasteiger charge is -2.29. The van der Waals surface area contributed by atoms with E-state index in [1.807, 2.05) is 30.3 Å². The SMILES string of the molecule is O=C(c1ncccc1Br)N1CCOc2ccccc21. The highest BCUT2D eigenvalue weighted by atomic mass is 79.9. The van der Waals surface area contributed by atoms with Crippen LogP contribution < -0.4 is 9.64 Å². The van der Waals surface area contributed by atoms with Crippen LogP contribution in [0.5, 0.6) is 5.75 Å². The molecule has 1 aromatic carbocycles. The minimum Gasteiger partial charge on any atom is -0.490 e. The first kappa shape index (κ1) is 12.2. The number of nitrogens with zero attached hydrogens (tertiary/aromatic N) is 2. The number of para-hydroxylation sites is 2. The van der Waals surface area contributed by atoms with Crippen molar-refractivity contribution in [3.63, 3.8) is 0 Å². The molecule has 3 rings (SSSR count). The average Bonchev–Trinajstić information content (AvgIpc) is 2.46. The predicted octanol–water partition coefficient (Wildman–Crippen LogP) is 2.88. The molecule has 0 saturated heterocycles. The molecule has 4 nitrogen and oxygen atoms in total. The lowest BCUT2D eigenvalue weighted by Crippen LogP contribution is -2.38. The molecule has 0 N–H and O–H groups in total. The third kappa shape index (κ3) is 2.21. The van der Waals surface area contributed by atoms with Gasteiger partial charge in [-0.25, -0.2) is 4.98 Å². The average molecular weight is 319 g/mol. The van der Waals surface area contributed by atoms with Gasteiger partial charge >= 0.3 is 0 Å². The molecule has 0 spiro atoms. The zero-order valence-electron chi connectivity index (χ0n) is 10.0. The standard InChI is InChI=1S/C14H11BrN2O2/c15-10-4-3-7-16-13(10)14(18)17-8-9-19-12-6-2-1-5-11(12)17/h1-7H,8-9H2. The van der Waals surface area contributed by atoms with Gasteiger partial charge in [0, 0.05) is 10.7 Å². The molecule has 96 valence electrons. The molecule has 0 bridgehead atoms. The number of benzene rings is 1. The van der Waals surface area contributed by atoms with Gasteiger partial charge in [-0.15, -0.1) is 0 Å². The van der Waals surface area contributed by atoms with Crippen LogP contribution in [-0.4, -0.2) is 24.0 Å². The second kappa shape index (κ2) is 5.01. The van der Waals surface area contributed by atoms with Gasteiger partial charge in [0.25, 0.3) is 5.91 Å². The highest BCUT2D eigenvalue weighted by molar-refractivity contribution is 9.10. The Kier molecular flexibility index (Phi) is 3.21. The molecule has 1 amide bonds. The molecule has 1 aliphatic heterocycles. The van der Waals surface area contributed by atoms with Crippen LogP contribution in [0.4, 0.5) is 5.69 Å². The van der Waals surface area contributed by atoms with Crippen molar-refractivity contribution in [1.82, 2.24) is 4.98 Å². The first-order chi connectivity index (χ1) is 9.27. The summed E-state index contributed by atoms with van der Waals surface area (Å²) in [4.78, 5) is 18.4. The van der Waals surface area contributed by atoms with Gasteiger partial charge in [-0.3, -0.25) is 4.79 Å². The predicted molar refractivity (Wildman–Crippen MR) is 75.6 cm³/mol. The van der Waals surface area contributed by atoms with Crippen molar-refractivity contribution in [3.05, 3.63) is 52.8 Å². The minimum atomic E-state index is -0.122. The largest absolute Gasteiger partial charge is 0.490 e. The fraction of sp³-hybridized carbons (Fsp3) is 0.143. The van der Waals surface area contributed by atoms with E-state index in [-0.39, 0.29) is 5.91 Å². The molecule has 19 heavy (non-hydrogen) atoms. The van der Waals surface area contributed by atoms with Gasteiger partial charge in [0.1, 0.15) is 18.1 Å². The van der Waals surface area contributed by atoms with Gasteiger partial charge in [0.05, 0.1) is 12.2 Å². The summed E-state index contributed by atoms with van der Waals surface area (Å²) in [5.74, 6) is 0.609. The van der Waals surface area contributed by atoms with E-state index in [1.54, 1.807) is 17.2 Å². The molecule has 0 saturated carbocycles. The maximum absolute atomic E-state index is 12.6. The maximum atomic E-state index is 12.6. The summed E-state index contributed by atoms with van der Waals surface area (Å²) >= 11 is 3.36. The van der Waals surface area contributed by atoms with Crippen LogP contribution in [0.15, 0.2) is 47.1 Å². The maximum Gasteiger partial charge on any atom is 0.278 e. The Morgan fingerprint density at radius 3 is 2.95 bits per heavy atom. The quantitative estimate of drug-likeness (QED) is 0.812. The molecule has 1 aromatic heterocycles. The summed E-state index contributed by atoms with van der Waals surface area (Å²) in [6.07, 6.45) is 1.62. The van der Waals surface area contributed by atoms with E-state index in [2.05, 4.69) is 20.9 Å². The van der Waals surface area contributed by atoms with E-state index < -0.39 is 0 Å². The summed E-state index contributed by atoms with van der Waals surface area (Å²) in [7, 11) is 0. The summed E-state index contributed by atoms with van der Waals surface area (Å²) in [5, 5.41) is 0. The molecule has 1 aliphatic rings. The number of hydrogen-bond acceptors (Lipinski definition) is 3. The zero-order chi connectivity index (χ0) is 13.2. The van der Waals surface area contributed by atoms with E-state index in [4.69, 9.17) is 4.74 Å². The van der Waals surface area contributed by atoms with E-state index in [9.17, 15) is 4.79 Å². The molecule has 0 radical (unpaired) electrons. The van der Waals surface area contributed by atoms with Crippen molar-refractivity contribution < 1.29 is 9.53 Å². The Morgan fingerprint density at radius 1 is 1.26 bits per heavy atom. The van der Waals surface area contributed by atoms with E-state index in [0.29, 0.717) is 23.3 Å². The number of fused-ring (bicyclic) bond motifs is 1. The number of anilines is 1. The molecule has 0 aliphatic carbocycles. The Morgan fingerprint density at radius 2 is 2.11 bits per heavy atom. The van der Waals surface area contributed by atoms with Crippen LogP contribution in [-0.2, 0) is 0 Å². The summed E-state index contributed by atoms with van der Waals surface area (Å²) in [5.41, 5.74) is 1.20. The fourth-order valence-electron chi connectivity index (χ4n) is 2.05. The topological polar surface area (TPSA) is 42.4 Å². The van der Waals surface area contributed by atoms with E-state index in [1.165, 1.54) is 0 Å². The lowest BCUT2D eigenvalue weighted by molar-refractivity contribution is 0.0971. The van der Waals surface area contributed by atoms with Crippen LogP contribution in [0.3, 0.4) is 0 Å². The summed E-state index contributed by atoms with van der Waals surface area (Å²) in [6, 6.07) is 11.1. The fourth-order valence-corrected chi connectivity index (χ4v) is 2.48. The molecular formula is C14H11BrN2O2. The second-order valence-electron chi connectivity index (χ2n) is 4.11. The molecule has 0 atom stereocenters. The molecular weight excluding hydrogens is 308 g/mol. The lowest BCUT2D eigenvalue weighted by atomic mass is 10.2. The highest BCUT2D eigenvalue weighted by Gasteiger charge is 2.26. The van der Waals surface area contributed by atoms with Gasteiger partial charge in [0.15, 0.2) is 0 Å². The summed E-state index contributed by atoms with van der Waals surface area (Å²) < 4.78 is 6.24. The first-order valence-electron chi connectivity index (χ1n) is 5.91. The van der Waals surface area contributed by atoms with Crippen LogP contribution in [0.25, 0.3) is 0 Å². The van der Waals surface area contributed by atoms with Crippen molar-refractivity contribution in [2.24, 2.45) is 0 Å². The molecule has 0 fully saturated rings.